The van der Waals surface area contributed by atoms with E-state index in [0.717, 1.165) is 16.3 Å². The van der Waals surface area contributed by atoms with Crippen molar-refractivity contribution >= 4 is 34.1 Å². The zero-order chi connectivity index (χ0) is 27.4. The van der Waals surface area contributed by atoms with Gasteiger partial charge in [-0.25, -0.2) is 9.59 Å². The van der Waals surface area contributed by atoms with Crippen LogP contribution in [-0.4, -0.2) is 24.2 Å². The van der Waals surface area contributed by atoms with Gasteiger partial charge in [-0.2, -0.15) is 0 Å². The Labute approximate surface area is 225 Å². The van der Waals surface area contributed by atoms with Gasteiger partial charge in [0.25, 0.3) is 0 Å². The number of carboxylic acid groups (broad SMARTS) is 1. The Morgan fingerprint density at radius 2 is 1.41 bits per heavy atom. The number of hydrogen-bond acceptors (Lipinski definition) is 4. The van der Waals surface area contributed by atoms with E-state index in [-0.39, 0.29) is 11.3 Å². The third-order valence-electron chi connectivity index (χ3n) is 6.27. The van der Waals surface area contributed by atoms with Gasteiger partial charge in [0, 0.05) is 11.1 Å². The van der Waals surface area contributed by atoms with Crippen molar-refractivity contribution in [1.29, 1.82) is 0 Å². The van der Waals surface area contributed by atoms with Crippen molar-refractivity contribution in [3.05, 3.63) is 114 Å². The summed E-state index contributed by atoms with van der Waals surface area (Å²) in [6.45, 7) is 1.97. The van der Waals surface area contributed by atoms with Crippen LogP contribution in [0.15, 0.2) is 103 Å². The van der Waals surface area contributed by atoms with Crippen molar-refractivity contribution in [3.63, 3.8) is 0 Å². The summed E-state index contributed by atoms with van der Waals surface area (Å²) in [5, 5.41) is 17.3. The molecule has 0 aliphatic carbocycles. The Morgan fingerprint density at radius 3 is 2.15 bits per heavy atom. The first-order valence-electron chi connectivity index (χ1n) is 12.3. The second-order valence-corrected chi connectivity index (χ2v) is 8.96. The van der Waals surface area contributed by atoms with Crippen LogP contribution in [0.5, 0.6) is 17.2 Å². The number of aromatic carboxylic acids is 1. The Hall–Kier alpha value is -5.30. The fourth-order valence-electron chi connectivity index (χ4n) is 4.28. The molecule has 5 aromatic carbocycles. The Balaban J connectivity index is 1.53. The molecular weight excluding hydrogens is 492 g/mol. The molecule has 3 N–H and O–H groups in total. The molecule has 0 spiro atoms. The molecule has 0 aromatic heterocycles. The number of amides is 2. The van der Waals surface area contributed by atoms with Crippen LogP contribution in [-0.2, 0) is 0 Å². The first-order chi connectivity index (χ1) is 18.9. The maximum Gasteiger partial charge on any atom is 0.339 e. The van der Waals surface area contributed by atoms with Gasteiger partial charge in [-0.1, -0.05) is 66.2 Å². The minimum atomic E-state index is -1.10. The Kier molecular flexibility index (Phi) is 7.14. The van der Waals surface area contributed by atoms with Crippen molar-refractivity contribution < 1.29 is 24.2 Å². The zero-order valence-electron chi connectivity index (χ0n) is 21.4. The van der Waals surface area contributed by atoms with Gasteiger partial charge in [-0.3, -0.25) is 0 Å². The number of hydrogen-bond donors (Lipinski definition) is 3. The van der Waals surface area contributed by atoms with Crippen LogP contribution < -0.4 is 20.1 Å². The van der Waals surface area contributed by atoms with Gasteiger partial charge in [-0.05, 0) is 65.9 Å². The monoisotopic (exact) mass is 518 g/mol. The maximum absolute atomic E-state index is 13.0. The summed E-state index contributed by atoms with van der Waals surface area (Å²) < 4.78 is 11.5. The van der Waals surface area contributed by atoms with Crippen LogP contribution in [0.4, 0.5) is 16.2 Å². The molecule has 5 aromatic rings. The summed E-state index contributed by atoms with van der Waals surface area (Å²) in [5.74, 6) is 0.236. The lowest BCUT2D eigenvalue weighted by Gasteiger charge is -2.16. The fraction of sp³-hybridized carbons (Fsp3) is 0.0625. The van der Waals surface area contributed by atoms with Gasteiger partial charge < -0.3 is 25.2 Å². The molecule has 0 atom stereocenters. The number of benzene rings is 5. The van der Waals surface area contributed by atoms with Crippen LogP contribution in [0.2, 0.25) is 0 Å². The summed E-state index contributed by atoms with van der Waals surface area (Å²) in [4.78, 5) is 24.8. The highest BCUT2D eigenvalue weighted by atomic mass is 16.5. The molecule has 0 aliphatic heterocycles. The van der Waals surface area contributed by atoms with Crippen molar-refractivity contribution in [2.75, 3.05) is 17.7 Å². The van der Waals surface area contributed by atoms with Crippen LogP contribution in [0, 0.1) is 6.92 Å². The summed E-state index contributed by atoms with van der Waals surface area (Å²) in [7, 11) is 1.43. The molecule has 0 heterocycles. The van der Waals surface area contributed by atoms with Gasteiger partial charge in [-0.15, -0.1) is 0 Å². The van der Waals surface area contributed by atoms with E-state index in [1.54, 1.807) is 24.3 Å². The molecule has 7 nitrogen and oxygen atoms in total. The quantitative estimate of drug-likeness (QED) is 0.203. The standard InChI is InChI=1S/C32H26N2O5/c1-20-10-14-24(15-11-20)33-32(37)34-27-19-23(22-12-16-28(38-2)26(18-22)31(35)36)13-17-30(27)39-29-9-5-7-21-6-3-4-8-25(21)29/h3-19H,1-2H3,(H,35,36)(H2,33,34,37). The molecule has 7 heteroatoms. The largest absolute Gasteiger partial charge is 0.496 e. The number of nitrogens with one attached hydrogen (secondary N) is 2. The van der Waals surface area contributed by atoms with Crippen LogP contribution >= 0.6 is 0 Å². The van der Waals surface area contributed by atoms with E-state index in [1.165, 1.54) is 13.2 Å². The fourth-order valence-corrected chi connectivity index (χ4v) is 4.28. The van der Waals surface area contributed by atoms with Gasteiger partial charge >= 0.3 is 12.0 Å². The number of anilines is 2. The minimum absolute atomic E-state index is 0.0395. The van der Waals surface area contributed by atoms with Gasteiger partial charge in [0.05, 0.1) is 12.8 Å². The summed E-state index contributed by atoms with van der Waals surface area (Å²) in [6.07, 6.45) is 0. The molecule has 194 valence electrons. The number of carbonyl (C=O) groups is 2. The van der Waals surface area contributed by atoms with E-state index in [4.69, 9.17) is 9.47 Å². The number of aryl methyl sites for hydroxylation is 1. The molecule has 5 rings (SSSR count). The van der Waals surface area contributed by atoms with E-state index in [1.807, 2.05) is 79.7 Å². The second-order valence-electron chi connectivity index (χ2n) is 8.96. The Morgan fingerprint density at radius 1 is 0.718 bits per heavy atom. The van der Waals surface area contributed by atoms with Crippen LogP contribution in [0.1, 0.15) is 15.9 Å². The number of urea groups is 1. The van der Waals surface area contributed by atoms with Crippen molar-refractivity contribution in [2.24, 2.45) is 0 Å². The minimum Gasteiger partial charge on any atom is -0.496 e. The van der Waals surface area contributed by atoms with Crippen molar-refractivity contribution in [2.45, 2.75) is 6.92 Å². The third-order valence-corrected chi connectivity index (χ3v) is 6.27. The zero-order valence-corrected chi connectivity index (χ0v) is 21.4. The number of fused-ring (bicyclic) bond motifs is 1. The van der Waals surface area contributed by atoms with Crippen molar-refractivity contribution in [1.82, 2.24) is 0 Å². The predicted molar refractivity (Wildman–Crippen MR) is 153 cm³/mol. The normalized spacial score (nSPS) is 10.6. The highest BCUT2D eigenvalue weighted by molar-refractivity contribution is 6.01. The lowest BCUT2D eigenvalue weighted by molar-refractivity contribution is 0.0693. The first kappa shape index (κ1) is 25.4. The topological polar surface area (TPSA) is 96.9 Å². The molecular formula is C32H26N2O5. The molecule has 0 fully saturated rings. The summed E-state index contributed by atoms with van der Waals surface area (Å²) in [5.41, 5.74) is 3.52. The average molecular weight is 519 g/mol. The number of ether oxygens (including phenoxy) is 2. The number of carboxylic acids is 1. The van der Waals surface area contributed by atoms with Crippen LogP contribution in [0.25, 0.3) is 21.9 Å². The molecule has 0 unspecified atom stereocenters. The lowest BCUT2D eigenvalue weighted by Crippen LogP contribution is -2.19. The molecule has 0 radical (unpaired) electrons. The molecule has 0 bridgehead atoms. The van der Waals surface area contributed by atoms with Gasteiger partial charge in [0.1, 0.15) is 17.1 Å². The molecule has 0 saturated carbocycles. The average Bonchev–Trinajstić information content (AvgIpc) is 2.95. The van der Waals surface area contributed by atoms with Crippen LogP contribution in [0.3, 0.4) is 0 Å². The first-order valence-corrected chi connectivity index (χ1v) is 12.3. The van der Waals surface area contributed by atoms with Gasteiger partial charge in [0.15, 0.2) is 5.75 Å². The Bertz CT molecular complexity index is 1670. The number of rotatable bonds is 7. The summed E-state index contributed by atoms with van der Waals surface area (Å²) >= 11 is 0. The molecule has 0 aliphatic rings. The second kappa shape index (κ2) is 11.0. The number of methoxy groups -OCH3 is 1. The van der Waals surface area contributed by atoms with E-state index in [2.05, 4.69) is 10.6 Å². The van der Waals surface area contributed by atoms with Gasteiger partial charge in [0.2, 0.25) is 0 Å². The maximum atomic E-state index is 13.0. The highest BCUT2D eigenvalue weighted by Gasteiger charge is 2.16. The van der Waals surface area contributed by atoms with E-state index in [9.17, 15) is 14.7 Å². The SMILES string of the molecule is COc1ccc(-c2ccc(Oc3cccc4ccccc34)c(NC(=O)Nc3ccc(C)cc3)c2)cc1C(=O)O. The highest BCUT2D eigenvalue weighted by Crippen LogP contribution is 2.37. The third kappa shape index (κ3) is 5.67. The molecule has 39 heavy (non-hydrogen) atoms. The smallest absolute Gasteiger partial charge is 0.339 e. The lowest BCUT2D eigenvalue weighted by atomic mass is 10.0. The van der Waals surface area contributed by atoms with E-state index in [0.29, 0.717) is 34.0 Å². The molecule has 2 amide bonds. The van der Waals surface area contributed by atoms with E-state index < -0.39 is 12.0 Å². The number of carbonyl (C=O) groups excluding carboxylic acids is 1. The predicted octanol–water partition coefficient (Wildman–Crippen LogP) is 7.96. The molecule has 0 saturated heterocycles. The van der Waals surface area contributed by atoms with Crippen molar-refractivity contribution in [3.8, 4) is 28.4 Å². The van der Waals surface area contributed by atoms with E-state index >= 15 is 0 Å². The summed E-state index contributed by atoms with van der Waals surface area (Å²) in [6, 6.07) is 30.9.